The molecule has 2 heterocycles. The molecule has 1 aromatic rings. The number of nitrogens with one attached hydrogen (secondary N) is 1. The number of aromatic nitrogens is 2. The van der Waals surface area contributed by atoms with Crippen LogP contribution in [-0.4, -0.2) is 53.5 Å². The first-order valence-electron chi connectivity index (χ1n) is 5.97. The second-order valence-electron chi connectivity index (χ2n) is 4.17. The van der Waals surface area contributed by atoms with Gasteiger partial charge in [-0.25, -0.2) is 4.79 Å². The van der Waals surface area contributed by atoms with Gasteiger partial charge in [-0.15, -0.1) is 0 Å². The number of hydrogen-bond donors (Lipinski definition) is 2. The Morgan fingerprint density at radius 2 is 2.09 bits per heavy atom. The highest BCUT2D eigenvalue weighted by Crippen LogP contribution is 2.13. The Kier molecular flexibility index (Phi) is 6.08. The number of piperazine rings is 1. The molecule has 0 unspecified atom stereocenters. The van der Waals surface area contributed by atoms with E-state index in [1.54, 1.807) is 6.07 Å². The predicted molar refractivity (Wildman–Crippen MR) is 62.0 cm³/mol. The maximum Gasteiger partial charge on any atom is 0.490 e. The number of nitrogens with zero attached hydrogens (tertiary/aromatic N) is 4. The Bertz CT molecular complexity index is 548. The highest BCUT2D eigenvalue weighted by Gasteiger charge is 2.38. The molecule has 0 atom stereocenters. The van der Waals surface area contributed by atoms with Crippen LogP contribution >= 0.6 is 0 Å². The van der Waals surface area contributed by atoms with Crippen LogP contribution in [0.25, 0.3) is 0 Å². The van der Waals surface area contributed by atoms with Crippen molar-refractivity contribution in [3.63, 3.8) is 0 Å². The number of carboxylic acid groups (broad SMARTS) is 1. The summed E-state index contributed by atoms with van der Waals surface area (Å²) in [6.45, 7) is 4.09. The largest absolute Gasteiger partial charge is 0.490 e. The van der Waals surface area contributed by atoms with Gasteiger partial charge in [-0.3, -0.25) is 9.53 Å². The van der Waals surface area contributed by atoms with Gasteiger partial charge in [0.15, 0.2) is 6.07 Å². The molecular weight excluding hydrogens is 311 g/mol. The van der Waals surface area contributed by atoms with Gasteiger partial charge in [-0.2, -0.15) is 18.4 Å². The average molecular weight is 323 g/mol. The molecule has 1 aliphatic rings. The second kappa shape index (κ2) is 7.57. The first-order chi connectivity index (χ1) is 10.3. The third-order valence-electron chi connectivity index (χ3n) is 2.61. The summed E-state index contributed by atoms with van der Waals surface area (Å²) in [5.41, 5.74) is 0.364. The molecule has 0 saturated carbocycles. The maximum absolute atomic E-state index is 10.9. The zero-order valence-electron chi connectivity index (χ0n) is 11.1. The van der Waals surface area contributed by atoms with Crippen LogP contribution in [0.1, 0.15) is 11.4 Å². The molecule has 1 saturated heterocycles. The molecule has 1 aromatic heterocycles. The minimum Gasteiger partial charge on any atom is -0.475 e. The van der Waals surface area contributed by atoms with Gasteiger partial charge in [0.05, 0.1) is 6.54 Å². The van der Waals surface area contributed by atoms with Crippen LogP contribution in [0.3, 0.4) is 0 Å². The minimum absolute atomic E-state index is 0.0477. The highest BCUT2D eigenvalue weighted by atomic mass is 19.4. The van der Waals surface area contributed by atoms with Crippen LogP contribution in [0.5, 0.6) is 0 Å². The van der Waals surface area contributed by atoms with Crippen molar-refractivity contribution in [1.29, 1.82) is 5.26 Å². The van der Waals surface area contributed by atoms with Gasteiger partial charge in [-0.1, -0.05) is 0 Å². The molecule has 0 aromatic carbocycles. The van der Waals surface area contributed by atoms with Crippen molar-refractivity contribution in [1.82, 2.24) is 15.4 Å². The normalized spacial score (nSPS) is 15.5. The van der Waals surface area contributed by atoms with Gasteiger partial charge in [0, 0.05) is 31.3 Å². The summed E-state index contributed by atoms with van der Waals surface area (Å²) in [4.78, 5) is 11.2. The van der Waals surface area contributed by atoms with E-state index in [0.717, 1.165) is 26.2 Å². The lowest BCUT2D eigenvalue weighted by molar-refractivity contribution is -0.804. The van der Waals surface area contributed by atoms with E-state index >= 15 is 0 Å². The fourth-order valence-electron chi connectivity index (χ4n) is 1.57. The Hall–Kier alpha value is -2.39. The summed E-state index contributed by atoms with van der Waals surface area (Å²) in [6, 6.07) is 1.79. The Balaban J connectivity index is 0.000000295. The summed E-state index contributed by atoms with van der Waals surface area (Å²) < 4.78 is 36.1. The van der Waals surface area contributed by atoms with Gasteiger partial charge in [-0.05, 0) is 4.90 Å². The predicted octanol–water partition coefficient (Wildman–Crippen LogP) is -0.782. The summed E-state index contributed by atoms with van der Waals surface area (Å²) in [5.74, 6) is -2.76. The van der Waals surface area contributed by atoms with Crippen LogP contribution in [0.2, 0.25) is 0 Å². The van der Waals surface area contributed by atoms with E-state index in [4.69, 9.17) is 15.2 Å². The number of hydrogen-bond acceptors (Lipinski definition) is 7. The van der Waals surface area contributed by atoms with Gasteiger partial charge in [0.2, 0.25) is 0 Å². The topological polar surface area (TPSA) is 129 Å². The lowest BCUT2D eigenvalue weighted by Gasteiger charge is -2.25. The van der Waals surface area contributed by atoms with E-state index in [1.165, 1.54) is 0 Å². The third kappa shape index (κ3) is 5.19. The Morgan fingerprint density at radius 3 is 2.55 bits per heavy atom. The van der Waals surface area contributed by atoms with Crippen molar-refractivity contribution in [3.8, 4) is 6.07 Å². The number of nitriles is 1. The molecule has 1 aliphatic heterocycles. The van der Waals surface area contributed by atoms with E-state index in [-0.39, 0.29) is 10.6 Å². The average Bonchev–Trinajstić information content (AvgIpc) is 2.80. The third-order valence-corrected chi connectivity index (χ3v) is 2.61. The molecule has 2 N–H and O–H groups in total. The van der Waals surface area contributed by atoms with Gasteiger partial charge < -0.3 is 15.6 Å². The van der Waals surface area contributed by atoms with Crippen LogP contribution in [0, 0.1) is 16.5 Å². The van der Waals surface area contributed by atoms with Crippen LogP contribution in [0.4, 0.5) is 13.2 Å². The fraction of sp³-hybridized carbons (Fsp3) is 0.600. The zero-order chi connectivity index (χ0) is 16.8. The van der Waals surface area contributed by atoms with E-state index in [0.29, 0.717) is 12.2 Å². The number of carboxylic acids is 1. The zero-order valence-corrected chi connectivity index (χ0v) is 11.1. The van der Waals surface area contributed by atoms with Gasteiger partial charge in [0.1, 0.15) is 0 Å². The highest BCUT2D eigenvalue weighted by molar-refractivity contribution is 5.73. The van der Waals surface area contributed by atoms with Gasteiger partial charge in [0.25, 0.3) is 11.4 Å². The number of aliphatic carboxylic acids is 1. The SMILES string of the molecule is N#Cc1c(CN2CCNCC2)no[n+]1[O-].O=C(O)C(F)(F)F. The molecule has 12 heteroatoms. The second-order valence-corrected chi connectivity index (χ2v) is 4.17. The lowest BCUT2D eigenvalue weighted by atomic mass is 10.3. The molecule has 2 rings (SSSR count). The molecule has 0 bridgehead atoms. The van der Waals surface area contributed by atoms with Crippen LogP contribution in [-0.2, 0) is 11.3 Å². The van der Waals surface area contributed by atoms with E-state index in [1.807, 2.05) is 0 Å². The molecule has 9 nitrogen and oxygen atoms in total. The standard InChI is InChI=1S/C8H11N5O2.C2HF3O2/c9-5-8-7(11-15-13(8)14)6-12-3-1-10-2-4-12;3-2(4,5)1(6)7/h10H,1-4,6H2;(H,6,7). The monoisotopic (exact) mass is 323 g/mol. The van der Waals surface area contributed by atoms with Crippen molar-refractivity contribution in [2.45, 2.75) is 12.7 Å². The van der Waals surface area contributed by atoms with Crippen molar-refractivity contribution in [2.24, 2.45) is 0 Å². The summed E-state index contributed by atoms with van der Waals surface area (Å²) in [5, 5.41) is 33.6. The first-order valence-corrected chi connectivity index (χ1v) is 5.97. The number of carbonyl (C=O) groups is 1. The smallest absolute Gasteiger partial charge is 0.475 e. The fourth-order valence-corrected chi connectivity index (χ4v) is 1.57. The Labute approximate surface area is 122 Å². The molecular formula is C10H12F3N5O4. The summed E-state index contributed by atoms with van der Waals surface area (Å²) in [7, 11) is 0. The van der Waals surface area contributed by atoms with Crippen LogP contribution < -0.4 is 10.2 Å². The quantitative estimate of drug-likeness (QED) is 0.678. The molecule has 0 radical (unpaired) electrons. The molecule has 0 spiro atoms. The number of alkyl halides is 3. The van der Waals surface area contributed by atoms with Crippen molar-refractivity contribution in [3.05, 3.63) is 16.6 Å². The van der Waals surface area contributed by atoms with Crippen molar-refractivity contribution >= 4 is 5.97 Å². The Morgan fingerprint density at radius 1 is 1.55 bits per heavy atom. The molecule has 0 amide bonds. The molecule has 1 fully saturated rings. The summed E-state index contributed by atoms with van der Waals surface area (Å²) in [6.07, 6.45) is -5.08. The van der Waals surface area contributed by atoms with Crippen molar-refractivity contribution in [2.75, 3.05) is 26.2 Å². The molecule has 22 heavy (non-hydrogen) atoms. The van der Waals surface area contributed by atoms with Crippen molar-refractivity contribution < 1.29 is 32.6 Å². The van der Waals surface area contributed by atoms with E-state index < -0.39 is 12.1 Å². The summed E-state index contributed by atoms with van der Waals surface area (Å²) >= 11 is 0. The molecule has 0 aliphatic carbocycles. The maximum atomic E-state index is 10.9. The van der Waals surface area contributed by atoms with E-state index in [2.05, 4.69) is 20.0 Å². The number of rotatable bonds is 2. The number of halogens is 3. The lowest BCUT2D eigenvalue weighted by Crippen LogP contribution is -2.43. The molecule has 122 valence electrons. The van der Waals surface area contributed by atoms with Gasteiger partial charge >= 0.3 is 12.1 Å². The van der Waals surface area contributed by atoms with E-state index in [9.17, 15) is 18.4 Å². The minimum atomic E-state index is -5.08. The first kappa shape index (κ1) is 17.7. The van der Waals surface area contributed by atoms with Crippen LogP contribution in [0.15, 0.2) is 4.63 Å².